The minimum atomic E-state index is 0. The first-order valence-corrected chi connectivity index (χ1v) is 2.82. The van der Waals surface area contributed by atoms with Gasteiger partial charge in [-0.05, 0) is 6.92 Å². The molecular formula is C9H7BrMg. The van der Waals surface area contributed by atoms with Crippen molar-refractivity contribution in [3.05, 3.63) is 35.9 Å². The van der Waals surface area contributed by atoms with Gasteiger partial charge in [0, 0.05) is 0 Å². The summed E-state index contributed by atoms with van der Waals surface area (Å²) in [6, 6.07) is 10.5. The van der Waals surface area contributed by atoms with Crippen LogP contribution in [-0.4, -0.2) is 23.1 Å². The van der Waals surface area contributed by atoms with E-state index < -0.39 is 0 Å². The molecule has 0 amide bonds. The van der Waals surface area contributed by atoms with Gasteiger partial charge in [-0.15, -0.1) is 5.92 Å². The van der Waals surface area contributed by atoms with E-state index in [1.807, 2.05) is 31.2 Å². The molecule has 0 atom stereocenters. The van der Waals surface area contributed by atoms with Gasteiger partial charge in [-0.1, -0.05) is 11.5 Å². The molecule has 0 bridgehead atoms. The van der Waals surface area contributed by atoms with Crippen molar-refractivity contribution >= 4 is 23.1 Å². The Bertz CT molecular complexity index is 233. The molecule has 11 heavy (non-hydrogen) atoms. The molecule has 0 fully saturated rings. The normalized spacial score (nSPS) is 6.27. The van der Waals surface area contributed by atoms with Crippen LogP contribution >= 0.6 is 0 Å². The molecule has 0 aliphatic rings. The Morgan fingerprint density at radius 1 is 1.27 bits per heavy atom. The molecule has 0 aromatic heterocycles. The van der Waals surface area contributed by atoms with Crippen LogP contribution in [0.25, 0.3) is 0 Å². The fourth-order valence-electron chi connectivity index (χ4n) is 0.615. The summed E-state index contributed by atoms with van der Waals surface area (Å²) in [7, 11) is 0. The molecule has 1 aromatic rings. The first kappa shape index (κ1) is 13.6. The molecule has 0 N–H and O–H groups in total. The molecule has 0 unspecified atom stereocenters. The van der Waals surface area contributed by atoms with E-state index in [0.717, 1.165) is 5.56 Å². The molecule has 0 saturated heterocycles. The first-order valence-electron chi connectivity index (χ1n) is 2.82. The van der Waals surface area contributed by atoms with E-state index in [2.05, 4.69) is 17.9 Å². The zero-order valence-electron chi connectivity index (χ0n) is 6.39. The van der Waals surface area contributed by atoms with Gasteiger partial charge in [-0.2, -0.15) is 30.3 Å². The maximum absolute atomic E-state index is 2.94. The molecule has 0 radical (unpaired) electrons. The third-order valence-corrected chi connectivity index (χ3v) is 0.988. The molecule has 0 aliphatic heterocycles. The predicted octanol–water partition coefficient (Wildman–Crippen LogP) is -1.52. The summed E-state index contributed by atoms with van der Waals surface area (Å²) in [4.78, 5) is 0. The number of hydrogen-bond acceptors (Lipinski definition) is 0. The molecule has 0 aliphatic carbocycles. The number of rotatable bonds is 0. The van der Waals surface area contributed by atoms with Crippen molar-refractivity contribution in [1.29, 1.82) is 0 Å². The monoisotopic (exact) mass is 218 g/mol. The Balaban J connectivity index is 0. The zero-order chi connectivity index (χ0) is 6.53. The molecule has 0 nitrogen and oxygen atoms in total. The van der Waals surface area contributed by atoms with Gasteiger partial charge in [-0.25, -0.2) is 0 Å². The van der Waals surface area contributed by atoms with Crippen molar-refractivity contribution in [1.82, 2.24) is 0 Å². The molecule has 1 aromatic carbocycles. The van der Waals surface area contributed by atoms with Crippen LogP contribution in [0, 0.1) is 17.9 Å². The maximum Gasteiger partial charge on any atom is 2.00 e. The fraction of sp³-hybridized carbons (Fsp3) is 0.111. The summed E-state index contributed by atoms with van der Waals surface area (Å²) in [6.07, 6.45) is 0. The number of halogens is 1. The fourth-order valence-corrected chi connectivity index (χ4v) is 0.615. The second-order valence-electron chi connectivity index (χ2n) is 1.66. The summed E-state index contributed by atoms with van der Waals surface area (Å²) >= 11 is 0. The Hall–Kier alpha value is 0.0262. The van der Waals surface area contributed by atoms with Gasteiger partial charge < -0.3 is 17.0 Å². The van der Waals surface area contributed by atoms with Crippen LogP contribution in [-0.2, 0) is 0 Å². The van der Waals surface area contributed by atoms with Crippen molar-refractivity contribution in [2.75, 3.05) is 0 Å². The van der Waals surface area contributed by atoms with Crippen molar-refractivity contribution in [2.45, 2.75) is 6.92 Å². The minimum Gasteiger partial charge on any atom is -1.00 e. The molecule has 0 heterocycles. The number of hydrogen-bond donors (Lipinski definition) is 0. The minimum absolute atomic E-state index is 0. The zero-order valence-corrected chi connectivity index (χ0v) is 9.39. The second-order valence-corrected chi connectivity index (χ2v) is 1.66. The van der Waals surface area contributed by atoms with E-state index >= 15 is 0 Å². The average molecular weight is 219 g/mol. The van der Waals surface area contributed by atoms with Crippen LogP contribution in [0.4, 0.5) is 0 Å². The van der Waals surface area contributed by atoms with E-state index in [4.69, 9.17) is 0 Å². The van der Waals surface area contributed by atoms with Crippen LogP contribution in [0.1, 0.15) is 12.5 Å². The van der Waals surface area contributed by atoms with Crippen molar-refractivity contribution in [3.8, 4) is 11.8 Å². The summed E-state index contributed by atoms with van der Waals surface area (Å²) in [6.45, 7) is 1.83. The van der Waals surface area contributed by atoms with E-state index in [9.17, 15) is 0 Å². The van der Waals surface area contributed by atoms with Crippen molar-refractivity contribution in [2.24, 2.45) is 0 Å². The first-order chi connectivity index (χ1) is 4.43. The van der Waals surface area contributed by atoms with E-state index in [-0.39, 0.29) is 40.0 Å². The molecular weight excluding hydrogens is 212 g/mol. The largest absolute Gasteiger partial charge is 2.00 e. The molecule has 0 spiro atoms. The molecule has 52 valence electrons. The van der Waals surface area contributed by atoms with Crippen LogP contribution in [0.5, 0.6) is 0 Å². The standard InChI is InChI=1S/C9H7.BrH.Mg/c1-2-6-9-7-4-3-5-8-9;;/h4-5,7-8H,1H3;1H;/q-1;;+2/p-1. The van der Waals surface area contributed by atoms with Gasteiger partial charge in [0.2, 0.25) is 0 Å². The maximum atomic E-state index is 2.94. The smallest absolute Gasteiger partial charge is 1.00 e. The van der Waals surface area contributed by atoms with Crippen LogP contribution in [0.15, 0.2) is 24.3 Å². The Labute approximate surface area is 94.3 Å². The third kappa shape index (κ3) is 5.31. The average Bonchev–Trinajstić information content (AvgIpc) is 1.91. The van der Waals surface area contributed by atoms with Crippen molar-refractivity contribution in [3.63, 3.8) is 0 Å². The van der Waals surface area contributed by atoms with Gasteiger partial charge in [-0.3, -0.25) is 0 Å². The van der Waals surface area contributed by atoms with E-state index in [1.165, 1.54) is 0 Å². The van der Waals surface area contributed by atoms with Gasteiger partial charge in [0.05, 0.1) is 0 Å². The van der Waals surface area contributed by atoms with Crippen LogP contribution in [0.3, 0.4) is 0 Å². The van der Waals surface area contributed by atoms with E-state index in [0.29, 0.717) is 0 Å². The molecule has 2 heteroatoms. The molecule has 1 rings (SSSR count). The third-order valence-electron chi connectivity index (χ3n) is 0.988. The Morgan fingerprint density at radius 2 is 1.82 bits per heavy atom. The Kier molecular flexibility index (Phi) is 10.1. The van der Waals surface area contributed by atoms with Gasteiger partial charge in [0.25, 0.3) is 0 Å². The second kappa shape index (κ2) is 8.13. The van der Waals surface area contributed by atoms with E-state index in [1.54, 1.807) is 0 Å². The quantitative estimate of drug-likeness (QED) is 0.282. The molecule has 0 saturated carbocycles. The summed E-state index contributed by atoms with van der Waals surface area (Å²) in [5, 5.41) is 0. The summed E-state index contributed by atoms with van der Waals surface area (Å²) in [5.74, 6) is 5.76. The van der Waals surface area contributed by atoms with Gasteiger partial charge >= 0.3 is 23.1 Å². The topological polar surface area (TPSA) is 0 Å². The van der Waals surface area contributed by atoms with Gasteiger partial charge in [0.15, 0.2) is 0 Å². The SMILES string of the molecule is CC#Cc1cc[c-]cc1.[Br-].[Mg+2]. The summed E-state index contributed by atoms with van der Waals surface area (Å²) in [5.41, 5.74) is 1.05. The Morgan fingerprint density at radius 3 is 2.27 bits per heavy atom. The van der Waals surface area contributed by atoms with Crippen LogP contribution in [0.2, 0.25) is 0 Å². The van der Waals surface area contributed by atoms with Crippen molar-refractivity contribution < 1.29 is 17.0 Å². The number of benzene rings is 1. The predicted molar refractivity (Wildman–Crippen MR) is 43.6 cm³/mol. The van der Waals surface area contributed by atoms with Crippen LogP contribution < -0.4 is 17.0 Å². The summed E-state index contributed by atoms with van der Waals surface area (Å²) < 4.78 is 0. The van der Waals surface area contributed by atoms with Gasteiger partial charge in [0.1, 0.15) is 0 Å².